The third-order valence-electron chi connectivity index (χ3n) is 3.40. The molecule has 2 rings (SSSR count). The van der Waals surface area contributed by atoms with Gasteiger partial charge in [0.25, 0.3) is 0 Å². The van der Waals surface area contributed by atoms with Crippen molar-refractivity contribution in [3.63, 3.8) is 0 Å². The van der Waals surface area contributed by atoms with Gasteiger partial charge in [-0.3, -0.25) is 4.79 Å². The van der Waals surface area contributed by atoms with Crippen molar-refractivity contribution in [1.82, 2.24) is 5.43 Å². The summed E-state index contributed by atoms with van der Waals surface area (Å²) in [5, 5.41) is 4.68. The molecule has 27 heavy (non-hydrogen) atoms. The zero-order valence-electron chi connectivity index (χ0n) is 15.0. The summed E-state index contributed by atoms with van der Waals surface area (Å²) in [6.45, 7) is 4.01. The molecule has 0 aliphatic rings. The van der Waals surface area contributed by atoms with Crippen LogP contribution in [0.1, 0.15) is 11.1 Å². The molecule has 0 spiro atoms. The molecule has 0 unspecified atom stereocenters. The fraction of sp³-hybridized carbons (Fsp3) is 0.200. The second-order valence-electron chi connectivity index (χ2n) is 5.39. The number of nitrogens with zero attached hydrogens (tertiary/aromatic N) is 1. The quantitative estimate of drug-likeness (QED) is 0.364. The molecule has 0 saturated heterocycles. The van der Waals surface area contributed by atoms with Gasteiger partial charge in [0.1, 0.15) is 6.61 Å². The van der Waals surface area contributed by atoms with E-state index < -0.39 is 0 Å². The molecule has 2 aromatic rings. The molecule has 0 saturated carbocycles. The zero-order chi connectivity index (χ0) is 19.5. The number of nitrogens with one attached hydrogen (secondary N) is 1. The molecule has 0 aromatic heterocycles. The van der Waals surface area contributed by atoms with E-state index in [0.29, 0.717) is 34.6 Å². The molecular weight excluding hydrogens is 384 g/mol. The Morgan fingerprint density at radius 1 is 1.30 bits per heavy atom. The standard InChI is InChI=1S/C20H21ClN2O3S/c1-3-10-26-18-9-8-15(11-19(18)25-2)12-22-23-20(24)14-27-13-16-6-4-5-7-17(16)21/h3-9,11-12H,1,10,13-14H2,2H3,(H,23,24)/b22-12-. The Hall–Kier alpha value is -2.44. The minimum absolute atomic E-state index is 0.179. The molecular formula is C20H21ClN2O3S. The van der Waals surface area contributed by atoms with Gasteiger partial charge in [-0.2, -0.15) is 5.10 Å². The number of rotatable bonds is 10. The van der Waals surface area contributed by atoms with Crippen molar-refractivity contribution in [3.05, 3.63) is 71.3 Å². The molecule has 0 heterocycles. The van der Waals surface area contributed by atoms with E-state index >= 15 is 0 Å². The van der Waals surface area contributed by atoms with Crippen molar-refractivity contribution in [2.75, 3.05) is 19.5 Å². The van der Waals surface area contributed by atoms with Crippen molar-refractivity contribution in [1.29, 1.82) is 0 Å². The number of hydrogen-bond donors (Lipinski definition) is 1. The number of thioether (sulfide) groups is 1. The maximum atomic E-state index is 11.9. The first-order valence-corrected chi connectivity index (χ1v) is 9.72. The van der Waals surface area contributed by atoms with Crippen molar-refractivity contribution >= 4 is 35.5 Å². The SMILES string of the molecule is C=CCOc1ccc(/C=N\NC(=O)CSCc2ccccc2Cl)cc1OC. The highest BCUT2D eigenvalue weighted by Crippen LogP contribution is 2.27. The zero-order valence-corrected chi connectivity index (χ0v) is 16.6. The summed E-state index contributed by atoms with van der Waals surface area (Å²) in [5.41, 5.74) is 4.30. The van der Waals surface area contributed by atoms with Gasteiger partial charge in [-0.15, -0.1) is 11.8 Å². The fourth-order valence-corrected chi connectivity index (χ4v) is 3.22. The lowest BCUT2D eigenvalue weighted by molar-refractivity contribution is -0.118. The van der Waals surface area contributed by atoms with E-state index in [-0.39, 0.29) is 5.91 Å². The van der Waals surface area contributed by atoms with E-state index in [0.717, 1.165) is 11.1 Å². The summed E-state index contributed by atoms with van der Waals surface area (Å²) in [6.07, 6.45) is 3.21. The molecule has 0 radical (unpaired) electrons. The number of carbonyl (C=O) groups excluding carboxylic acids is 1. The van der Waals surface area contributed by atoms with Crippen LogP contribution in [0, 0.1) is 0 Å². The monoisotopic (exact) mass is 404 g/mol. The summed E-state index contributed by atoms with van der Waals surface area (Å²) in [4.78, 5) is 11.9. The Bertz CT molecular complexity index is 812. The Morgan fingerprint density at radius 3 is 2.85 bits per heavy atom. The molecule has 0 aliphatic carbocycles. The molecule has 0 fully saturated rings. The van der Waals surface area contributed by atoms with Crippen LogP contribution in [0.15, 0.2) is 60.2 Å². The maximum Gasteiger partial charge on any atom is 0.250 e. The van der Waals surface area contributed by atoms with Crippen molar-refractivity contribution in [2.24, 2.45) is 5.10 Å². The first kappa shape index (κ1) is 20.9. The van der Waals surface area contributed by atoms with Crippen LogP contribution >= 0.6 is 23.4 Å². The Labute approximate surface area is 168 Å². The van der Waals surface area contributed by atoms with Gasteiger partial charge < -0.3 is 9.47 Å². The van der Waals surface area contributed by atoms with Crippen LogP contribution in [0.3, 0.4) is 0 Å². The summed E-state index contributed by atoms with van der Waals surface area (Å²) < 4.78 is 10.8. The van der Waals surface area contributed by atoms with Crippen LogP contribution in [-0.4, -0.2) is 31.6 Å². The summed E-state index contributed by atoms with van der Waals surface area (Å²) in [5.74, 6) is 1.98. The summed E-state index contributed by atoms with van der Waals surface area (Å²) in [6, 6.07) is 13.0. The topological polar surface area (TPSA) is 59.9 Å². The lowest BCUT2D eigenvalue weighted by Gasteiger charge is -2.09. The second-order valence-corrected chi connectivity index (χ2v) is 6.78. The molecule has 1 amide bonds. The Balaban J connectivity index is 1.81. The van der Waals surface area contributed by atoms with Gasteiger partial charge in [-0.1, -0.05) is 42.5 Å². The van der Waals surface area contributed by atoms with Gasteiger partial charge in [0, 0.05) is 10.8 Å². The lowest BCUT2D eigenvalue weighted by atomic mass is 10.2. The van der Waals surface area contributed by atoms with Crippen molar-refractivity contribution < 1.29 is 14.3 Å². The van der Waals surface area contributed by atoms with Gasteiger partial charge in [0.2, 0.25) is 5.91 Å². The second kappa shape index (κ2) is 11.3. The largest absolute Gasteiger partial charge is 0.493 e. The molecule has 2 aromatic carbocycles. The van der Waals surface area contributed by atoms with E-state index in [2.05, 4.69) is 17.1 Å². The van der Waals surface area contributed by atoms with Gasteiger partial charge in [-0.25, -0.2) is 5.43 Å². The molecule has 0 atom stereocenters. The van der Waals surface area contributed by atoms with Crippen LogP contribution < -0.4 is 14.9 Å². The normalized spacial score (nSPS) is 10.6. The molecule has 7 heteroatoms. The van der Waals surface area contributed by atoms with Crippen LogP contribution in [0.2, 0.25) is 5.02 Å². The third-order valence-corrected chi connectivity index (χ3v) is 4.75. The van der Waals surface area contributed by atoms with E-state index in [1.54, 1.807) is 31.5 Å². The first-order valence-electron chi connectivity index (χ1n) is 8.19. The predicted molar refractivity (Wildman–Crippen MR) is 112 cm³/mol. The van der Waals surface area contributed by atoms with Crippen molar-refractivity contribution in [2.45, 2.75) is 5.75 Å². The average molecular weight is 405 g/mol. The summed E-state index contributed by atoms with van der Waals surface area (Å²) in [7, 11) is 1.56. The number of hydrazone groups is 1. The number of hydrogen-bond acceptors (Lipinski definition) is 5. The number of carbonyl (C=O) groups is 1. The van der Waals surface area contributed by atoms with Crippen LogP contribution in [-0.2, 0) is 10.5 Å². The van der Waals surface area contributed by atoms with E-state index in [4.69, 9.17) is 21.1 Å². The van der Waals surface area contributed by atoms with Crippen molar-refractivity contribution in [3.8, 4) is 11.5 Å². The van der Waals surface area contributed by atoms with E-state index in [9.17, 15) is 4.79 Å². The van der Waals surface area contributed by atoms with Crippen LogP contribution in [0.4, 0.5) is 0 Å². The van der Waals surface area contributed by atoms with E-state index in [1.165, 1.54) is 11.8 Å². The van der Waals surface area contributed by atoms with E-state index in [1.807, 2.05) is 30.3 Å². The van der Waals surface area contributed by atoms with Crippen LogP contribution in [0.5, 0.6) is 11.5 Å². The predicted octanol–water partition coefficient (Wildman–Crippen LogP) is 4.30. The highest BCUT2D eigenvalue weighted by Gasteiger charge is 2.05. The molecule has 0 bridgehead atoms. The van der Waals surface area contributed by atoms with Gasteiger partial charge in [0.15, 0.2) is 11.5 Å². The number of halogens is 1. The number of benzene rings is 2. The van der Waals surface area contributed by atoms with Gasteiger partial charge >= 0.3 is 0 Å². The molecule has 0 aliphatic heterocycles. The number of methoxy groups -OCH3 is 1. The third kappa shape index (κ3) is 7.00. The molecule has 5 nitrogen and oxygen atoms in total. The number of ether oxygens (including phenoxy) is 2. The molecule has 1 N–H and O–H groups in total. The fourth-order valence-electron chi connectivity index (χ4n) is 2.11. The number of amides is 1. The minimum atomic E-state index is -0.179. The lowest BCUT2D eigenvalue weighted by Crippen LogP contribution is -2.19. The van der Waals surface area contributed by atoms with Crippen LogP contribution in [0.25, 0.3) is 0 Å². The maximum absolute atomic E-state index is 11.9. The van der Waals surface area contributed by atoms with Gasteiger partial charge in [0.05, 0.1) is 19.1 Å². The minimum Gasteiger partial charge on any atom is -0.493 e. The summed E-state index contributed by atoms with van der Waals surface area (Å²) >= 11 is 7.57. The smallest absolute Gasteiger partial charge is 0.250 e. The first-order chi connectivity index (χ1) is 13.1. The highest BCUT2D eigenvalue weighted by atomic mass is 35.5. The average Bonchev–Trinajstić information content (AvgIpc) is 2.68. The molecule has 142 valence electrons. The Kier molecular flexibility index (Phi) is 8.74. The Morgan fingerprint density at radius 2 is 2.11 bits per heavy atom. The van der Waals surface area contributed by atoms with Gasteiger partial charge in [-0.05, 0) is 35.4 Å². The highest BCUT2D eigenvalue weighted by molar-refractivity contribution is 7.99.